The number of hydrogen-bond donors (Lipinski definition) is 0. The van der Waals surface area contributed by atoms with Crippen LogP contribution in [0.4, 0.5) is 0 Å². The molecule has 0 aliphatic heterocycles. The van der Waals surface area contributed by atoms with Crippen LogP contribution in [0.25, 0.3) is 0 Å². The summed E-state index contributed by atoms with van der Waals surface area (Å²) >= 11 is 0. The molecule has 0 radical (unpaired) electrons. The fourth-order valence-electron chi connectivity index (χ4n) is 6.09. The lowest BCUT2D eigenvalue weighted by atomic mass is 10.4. The Morgan fingerprint density at radius 3 is 0.739 bits per heavy atom. The zero-order valence-corrected chi connectivity index (χ0v) is 28.2. The Hall–Kier alpha value is -4.26. The Labute approximate surface area is 274 Å². The molecule has 0 amide bonds. The molecule has 0 saturated heterocycles. The van der Waals surface area contributed by atoms with Crippen LogP contribution in [0, 0.1) is 0 Å². The van der Waals surface area contributed by atoms with Crippen molar-refractivity contribution in [3.63, 3.8) is 0 Å². The summed E-state index contributed by atoms with van der Waals surface area (Å²) in [6.07, 6.45) is 0. The van der Waals surface area contributed by atoms with E-state index in [4.69, 9.17) is 9.49 Å². The van der Waals surface area contributed by atoms with E-state index in [1.165, 1.54) is 31.8 Å². The van der Waals surface area contributed by atoms with E-state index in [9.17, 15) is 0 Å². The number of nitrogens with zero attached hydrogens (tertiary/aromatic N) is 3. The van der Waals surface area contributed by atoms with Gasteiger partial charge in [-0.05, 0) is 7.05 Å². The summed E-state index contributed by atoms with van der Waals surface area (Å²) < 4.78 is 11.3. The molecule has 0 unspecified atom stereocenters. The third-order valence-corrected chi connectivity index (χ3v) is 15.9. The average molecular weight is 638 g/mol. The Kier molecular flexibility index (Phi) is 10.6. The fraction of sp³-hybridized carbons (Fsp3) is 0.122. The van der Waals surface area contributed by atoms with Crippen LogP contribution in [-0.2, 0) is 0 Å². The van der Waals surface area contributed by atoms with Crippen molar-refractivity contribution >= 4 is 45.9 Å². The summed E-state index contributed by atoms with van der Waals surface area (Å²) in [6.45, 7) is 3.19. The average Bonchev–Trinajstić information content (AvgIpc) is 3.14. The first-order chi connectivity index (χ1) is 22.7. The zero-order chi connectivity index (χ0) is 31.5. The lowest BCUT2D eigenvalue weighted by Crippen LogP contribution is -2.29. The number of rotatable bonds is 12. The van der Waals surface area contributed by atoms with Gasteiger partial charge in [-0.3, -0.25) is 9.49 Å². The first-order valence-corrected chi connectivity index (χ1v) is 19.4. The van der Waals surface area contributed by atoms with Gasteiger partial charge in [0, 0.05) is 44.9 Å². The van der Waals surface area contributed by atoms with Crippen LogP contribution in [0.1, 0.15) is 0 Å². The highest BCUT2D eigenvalue weighted by molar-refractivity contribution is 7.87. The van der Waals surface area contributed by atoms with E-state index >= 15 is 0 Å². The molecule has 0 spiro atoms. The summed E-state index contributed by atoms with van der Waals surface area (Å²) in [5, 5.41) is 7.71. The Bertz CT molecular complexity index is 1550. The molecule has 0 atom stereocenters. The molecule has 5 heteroatoms. The van der Waals surface area contributed by atoms with Crippen LogP contribution in [0.2, 0.25) is 0 Å². The number of hydrogen-bond acceptors (Lipinski definition) is 3. The first-order valence-electron chi connectivity index (χ1n) is 15.9. The predicted octanol–water partition coefficient (Wildman–Crippen LogP) is 7.27. The maximum absolute atomic E-state index is 5.65. The quantitative estimate of drug-likeness (QED) is 0.130. The normalized spacial score (nSPS) is 11.7. The summed E-state index contributed by atoms with van der Waals surface area (Å²) in [4.78, 5) is 2.39. The maximum atomic E-state index is 5.65. The molecule has 6 aromatic carbocycles. The molecule has 6 rings (SSSR count). The zero-order valence-electron chi connectivity index (χ0n) is 26.4. The second-order valence-electron chi connectivity index (χ2n) is 11.3. The van der Waals surface area contributed by atoms with Gasteiger partial charge in [0.15, 0.2) is 0 Å². The third-order valence-electron chi connectivity index (χ3n) is 8.37. The van der Waals surface area contributed by atoms with Gasteiger partial charge in [0.25, 0.3) is 0 Å². The van der Waals surface area contributed by atoms with Crippen LogP contribution < -0.4 is 31.8 Å². The number of likely N-dealkylation sites (N-methyl/N-ethyl adjacent to an activating group) is 1. The van der Waals surface area contributed by atoms with Gasteiger partial charge in [-0.25, -0.2) is 0 Å². The lowest BCUT2D eigenvalue weighted by Gasteiger charge is -2.28. The molecule has 3 nitrogen and oxygen atoms in total. The molecule has 0 N–H and O–H groups in total. The lowest BCUT2D eigenvalue weighted by molar-refractivity contribution is 0.355. The molecule has 0 aliphatic rings. The summed E-state index contributed by atoms with van der Waals surface area (Å²) in [5.74, 6) is 0. The standard InChI is InChI=1S/C41H41N3P2/c1-44(34-32-42-45(36-20-8-2-9-21-36,37-22-10-3-11-23-37)38-24-12-4-13-25-38)35-33-43-46(39-26-14-5-15-27-39,40-28-16-6-17-29-40)41-30-18-7-19-31-41/h2-31H,32-35H2,1H3. The van der Waals surface area contributed by atoms with E-state index < -0.39 is 14.1 Å². The Morgan fingerprint density at radius 1 is 0.348 bits per heavy atom. The summed E-state index contributed by atoms with van der Waals surface area (Å²) in [5.41, 5.74) is 0. The third kappa shape index (κ3) is 6.79. The van der Waals surface area contributed by atoms with Crippen LogP contribution in [0.3, 0.4) is 0 Å². The highest BCUT2D eigenvalue weighted by atomic mass is 31.2. The van der Waals surface area contributed by atoms with Crippen LogP contribution in [0.15, 0.2) is 191 Å². The molecule has 0 bridgehead atoms. The first kappa shape index (κ1) is 31.7. The molecule has 46 heavy (non-hydrogen) atoms. The molecule has 0 aromatic heterocycles. The molecule has 230 valence electrons. The maximum Gasteiger partial charge on any atom is 0.0548 e. The summed E-state index contributed by atoms with van der Waals surface area (Å²) in [7, 11) is -2.20. The van der Waals surface area contributed by atoms with Crippen LogP contribution in [-0.4, -0.2) is 38.1 Å². The predicted molar refractivity (Wildman–Crippen MR) is 202 cm³/mol. The molecule has 0 fully saturated rings. The minimum Gasteiger partial charge on any atom is -0.303 e. The van der Waals surface area contributed by atoms with E-state index in [1.54, 1.807) is 0 Å². The van der Waals surface area contributed by atoms with E-state index in [-0.39, 0.29) is 0 Å². The van der Waals surface area contributed by atoms with E-state index in [0.29, 0.717) is 0 Å². The molecule has 6 aromatic rings. The molecular weight excluding hydrogens is 596 g/mol. The van der Waals surface area contributed by atoms with Crippen molar-refractivity contribution in [3.05, 3.63) is 182 Å². The van der Waals surface area contributed by atoms with Gasteiger partial charge in [-0.1, -0.05) is 182 Å². The van der Waals surface area contributed by atoms with Gasteiger partial charge in [0.05, 0.1) is 27.2 Å². The summed E-state index contributed by atoms with van der Waals surface area (Å²) in [6, 6.07) is 65.2. The van der Waals surface area contributed by atoms with Gasteiger partial charge in [-0.15, -0.1) is 0 Å². The minimum absolute atomic E-state index is 0.735. The molecule has 0 saturated carbocycles. The van der Waals surface area contributed by atoms with E-state index in [2.05, 4.69) is 194 Å². The minimum atomic E-state index is -2.20. The van der Waals surface area contributed by atoms with Crippen molar-refractivity contribution in [2.24, 2.45) is 9.49 Å². The monoisotopic (exact) mass is 637 g/mol. The smallest absolute Gasteiger partial charge is 0.0548 e. The van der Waals surface area contributed by atoms with Crippen molar-refractivity contribution in [3.8, 4) is 0 Å². The highest BCUT2D eigenvalue weighted by Gasteiger charge is 2.28. The van der Waals surface area contributed by atoms with Gasteiger partial charge >= 0.3 is 0 Å². The van der Waals surface area contributed by atoms with Gasteiger partial charge in [0.2, 0.25) is 0 Å². The van der Waals surface area contributed by atoms with Crippen molar-refractivity contribution in [2.45, 2.75) is 0 Å². The topological polar surface area (TPSA) is 28.0 Å². The largest absolute Gasteiger partial charge is 0.303 e. The van der Waals surface area contributed by atoms with Crippen LogP contribution >= 0.6 is 14.1 Å². The van der Waals surface area contributed by atoms with Gasteiger partial charge in [-0.2, -0.15) is 0 Å². The van der Waals surface area contributed by atoms with Crippen molar-refractivity contribution in [1.82, 2.24) is 4.90 Å². The fourth-order valence-corrected chi connectivity index (χ4v) is 13.3. The van der Waals surface area contributed by atoms with Crippen molar-refractivity contribution < 1.29 is 0 Å². The Balaban J connectivity index is 1.32. The van der Waals surface area contributed by atoms with Gasteiger partial charge < -0.3 is 4.90 Å². The van der Waals surface area contributed by atoms with Crippen molar-refractivity contribution in [2.75, 3.05) is 33.2 Å². The molecule has 0 aliphatic carbocycles. The second kappa shape index (κ2) is 15.4. The number of benzene rings is 6. The Morgan fingerprint density at radius 2 is 0.543 bits per heavy atom. The second-order valence-corrected chi connectivity index (χ2v) is 17.5. The SMILES string of the molecule is CN(CCN=P(c1ccccc1)(c1ccccc1)c1ccccc1)CCN=P(c1ccccc1)(c1ccccc1)c1ccccc1. The molecule has 0 heterocycles. The van der Waals surface area contributed by atoms with E-state index in [1.807, 2.05) is 0 Å². The van der Waals surface area contributed by atoms with Crippen molar-refractivity contribution in [1.29, 1.82) is 0 Å². The molecular formula is C41H41N3P2. The van der Waals surface area contributed by atoms with Crippen LogP contribution in [0.5, 0.6) is 0 Å². The van der Waals surface area contributed by atoms with E-state index in [0.717, 1.165) is 26.2 Å². The highest BCUT2D eigenvalue weighted by Crippen LogP contribution is 2.47. The van der Waals surface area contributed by atoms with Gasteiger partial charge in [0.1, 0.15) is 0 Å².